The van der Waals surface area contributed by atoms with Crippen molar-refractivity contribution in [2.24, 2.45) is 7.05 Å². The number of hydrogen-bond donors (Lipinski definition) is 0. The minimum Gasteiger partial charge on any atom is -0.495 e. The molecule has 0 aliphatic carbocycles. The summed E-state index contributed by atoms with van der Waals surface area (Å²) in [6.07, 6.45) is 4.21. The molecule has 0 fully saturated rings. The topological polar surface area (TPSA) is 16.4 Å². The summed E-state index contributed by atoms with van der Waals surface area (Å²) in [5.74, 6) is 0.871. The van der Waals surface area contributed by atoms with Crippen molar-refractivity contribution in [3.8, 4) is 5.75 Å². The average molecular weight is 311 g/mol. The maximum atomic E-state index is 5.41. The molecule has 1 heterocycles. The van der Waals surface area contributed by atoms with Crippen molar-refractivity contribution in [1.29, 1.82) is 0 Å². The molecule has 0 aliphatic heterocycles. The van der Waals surface area contributed by atoms with Crippen LogP contribution in [0.1, 0.15) is 5.01 Å². The number of aromatic nitrogens is 1. The van der Waals surface area contributed by atoms with E-state index in [2.05, 4.69) is 53.1 Å². The number of nitrogens with zero attached hydrogens (tertiary/aromatic N) is 2. The normalized spacial score (nSPS) is 11.2. The van der Waals surface area contributed by atoms with E-state index in [1.165, 1.54) is 15.2 Å². The van der Waals surface area contributed by atoms with Gasteiger partial charge in [-0.2, -0.15) is 4.57 Å². The van der Waals surface area contributed by atoms with Gasteiger partial charge in [0.1, 0.15) is 17.5 Å². The fourth-order valence-corrected chi connectivity index (χ4v) is 3.49. The van der Waals surface area contributed by atoms with Gasteiger partial charge >= 0.3 is 0 Å². The number of benzene rings is 2. The van der Waals surface area contributed by atoms with Gasteiger partial charge in [0.15, 0.2) is 0 Å². The van der Waals surface area contributed by atoms with E-state index in [1.54, 1.807) is 18.4 Å². The Hall–Kier alpha value is -2.33. The van der Waals surface area contributed by atoms with Gasteiger partial charge in [0.2, 0.25) is 5.52 Å². The smallest absolute Gasteiger partial charge is 0.263 e. The van der Waals surface area contributed by atoms with Crippen molar-refractivity contribution in [3.05, 3.63) is 59.7 Å². The summed E-state index contributed by atoms with van der Waals surface area (Å²) < 4.78 is 8.92. The molecule has 1 aromatic heterocycles. The molecule has 3 aromatic rings. The lowest BCUT2D eigenvalue weighted by Crippen LogP contribution is -2.29. The largest absolute Gasteiger partial charge is 0.495 e. The highest BCUT2D eigenvalue weighted by Crippen LogP contribution is 2.27. The predicted molar refractivity (Wildman–Crippen MR) is 93.4 cm³/mol. The molecule has 0 aliphatic rings. The number of anilines is 1. The number of aryl methyl sites for hydroxylation is 1. The second-order valence-electron chi connectivity index (χ2n) is 5.07. The fraction of sp³-hybridized carbons (Fsp3) is 0.167. The molecule has 0 atom stereocenters. The van der Waals surface area contributed by atoms with Crippen LogP contribution in [0.2, 0.25) is 0 Å². The minimum atomic E-state index is 0.871. The van der Waals surface area contributed by atoms with Crippen molar-refractivity contribution in [3.63, 3.8) is 0 Å². The molecule has 3 nitrogen and oxygen atoms in total. The zero-order valence-corrected chi connectivity index (χ0v) is 13.8. The molecule has 22 heavy (non-hydrogen) atoms. The van der Waals surface area contributed by atoms with E-state index in [-0.39, 0.29) is 0 Å². The van der Waals surface area contributed by atoms with E-state index in [1.807, 2.05) is 31.3 Å². The quantitative estimate of drug-likeness (QED) is 0.681. The standard InChI is InChI=1S/C18H19N2OS/c1-19(14-8-4-6-10-16(14)21-3)13-12-18-20(2)15-9-5-7-11-17(15)22-18/h4-13H,1-3H3/q+1. The lowest BCUT2D eigenvalue weighted by Gasteiger charge is -2.16. The first-order valence-corrected chi connectivity index (χ1v) is 7.94. The maximum absolute atomic E-state index is 5.41. The fourth-order valence-electron chi connectivity index (χ4n) is 2.44. The van der Waals surface area contributed by atoms with Crippen molar-refractivity contribution >= 4 is 33.3 Å². The van der Waals surface area contributed by atoms with Crippen LogP contribution in [0.25, 0.3) is 16.3 Å². The minimum absolute atomic E-state index is 0.871. The first-order valence-electron chi connectivity index (χ1n) is 7.12. The third kappa shape index (κ3) is 2.70. The Morgan fingerprint density at radius 3 is 2.59 bits per heavy atom. The Bertz CT molecular complexity index is 823. The molecular weight excluding hydrogens is 292 g/mol. The van der Waals surface area contributed by atoms with Crippen LogP contribution in [-0.2, 0) is 7.05 Å². The first-order chi connectivity index (χ1) is 10.7. The summed E-state index contributed by atoms with van der Waals surface area (Å²) in [6.45, 7) is 0. The summed E-state index contributed by atoms with van der Waals surface area (Å²) in [5.41, 5.74) is 2.30. The molecule has 0 saturated carbocycles. The lowest BCUT2D eigenvalue weighted by atomic mass is 10.3. The second kappa shape index (κ2) is 6.20. The van der Waals surface area contributed by atoms with Gasteiger partial charge in [0.05, 0.1) is 12.8 Å². The highest BCUT2D eigenvalue weighted by Gasteiger charge is 2.14. The number of para-hydroxylation sites is 3. The van der Waals surface area contributed by atoms with E-state index in [4.69, 9.17) is 4.74 Å². The van der Waals surface area contributed by atoms with Gasteiger partial charge in [0.25, 0.3) is 5.01 Å². The Balaban J connectivity index is 1.90. The molecule has 0 bridgehead atoms. The predicted octanol–water partition coefficient (Wildman–Crippen LogP) is 3.84. The number of methoxy groups -OCH3 is 1. The first kappa shape index (κ1) is 14.6. The Kier molecular flexibility index (Phi) is 4.11. The van der Waals surface area contributed by atoms with E-state index >= 15 is 0 Å². The zero-order chi connectivity index (χ0) is 15.5. The molecule has 0 spiro atoms. The molecule has 0 unspecified atom stereocenters. The number of ether oxygens (including phenoxy) is 1. The van der Waals surface area contributed by atoms with Crippen molar-refractivity contribution < 1.29 is 9.30 Å². The van der Waals surface area contributed by atoms with Gasteiger partial charge in [-0.1, -0.05) is 35.6 Å². The number of hydrogen-bond acceptors (Lipinski definition) is 3. The molecule has 4 heteroatoms. The van der Waals surface area contributed by atoms with Gasteiger partial charge in [0, 0.05) is 25.4 Å². The third-order valence-electron chi connectivity index (χ3n) is 3.68. The Morgan fingerprint density at radius 2 is 1.82 bits per heavy atom. The van der Waals surface area contributed by atoms with E-state index in [0.717, 1.165) is 11.4 Å². The highest BCUT2D eigenvalue weighted by atomic mass is 32.1. The van der Waals surface area contributed by atoms with Crippen LogP contribution in [0.5, 0.6) is 5.75 Å². The maximum Gasteiger partial charge on any atom is 0.263 e. The van der Waals surface area contributed by atoms with Gasteiger partial charge in [-0.3, -0.25) is 0 Å². The SMILES string of the molecule is COc1ccccc1N(C)/C=C/c1sc2ccccc2[n+]1C. The molecule has 0 amide bonds. The average Bonchev–Trinajstić information content (AvgIpc) is 2.89. The highest BCUT2D eigenvalue weighted by molar-refractivity contribution is 7.18. The van der Waals surface area contributed by atoms with Crippen LogP contribution < -0.4 is 14.2 Å². The van der Waals surface area contributed by atoms with Gasteiger partial charge < -0.3 is 9.64 Å². The Labute approximate surface area is 134 Å². The van der Waals surface area contributed by atoms with Crippen molar-refractivity contribution in [2.75, 3.05) is 19.1 Å². The van der Waals surface area contributed by atoms with Crippen molar-refractivity contribution in [1.82, 2.24) is 0 Å². The summed E-state index contributed by atoms with van der Waals surface area (Å²) >= 11 is 1.79. The molecule has 112 valence electrons. The summed E-state index contributed by atoms with van der Waals surface area (Å²) in [5, 5.41) is 1.21. The number of rotatable bonds is 4. The second-order valence-corrected chi connectivity index (χ2v) is 6.13. The molecular formula is C18H19N2OS+. The van der Waals surface area contributed by atoms with Crippen LogP contribution in [0.3, 0.4) is 0 Å². The molecule has 2 aromatic carbocycles. The Morgan fingerprint density at radius 1 is 1.09 bits per heavy atom. The van der Waals surface area contributed by atoms with E-state index in [9.17, 15) is 0 Å². The summed E-state index contributed by atoms with van der Waals surface area (Å²) in [4.78, 5) is 2.07. The van der Waals surface area contributed by atoms with Crippen LogP contribution in [0.4, 0.5) is 5.69 Å². The van der Waals surface area contributed by atoms with E-state index < -0.39 is 0 Å². The molecule has 0 saturated heterocycles. The lowest BCUT2D eigenvalue weighted by molar-refractivity contribution is -0.642. The molecule has 0 radical (unpaired) electrons. The van der Waals surface area contributed by atoms with Crippen LogP contribution in [0.15, 0.2) is 54.7 Å². The molecule has 3 rings (SSSR count). The summed E-state index contributed by atoms with van der Waals surface area (Å²) in [7, 11) is 5.83. The van der Waals surface area contributed by atoms with Crippen molar-refractivity contribution in [2.45, 2.75) is 0 Å². The van der Waals surface area contributed by atoms with Gasteiger partial charge in [-0.25, -0.2) is 0 Å². The van der Waals surface area contributed by atoms with Gasteiger partial charge in [-0.05, 0) is 18.2 Å². The monoisotopic (exact) mass is 311 g/mol. The van der Waals surface area contributed by atoms with Gasteiger partial charge in [-0.15, -0.1) is 0 Å². The molecule has 0 N–H and O–H groups in total. The van der Waals surface area contributed by atoms with Crippen LogP contribution in [0, 0.1) is 0 Å². The van der Waals surface area contributed by atoms with E-state index in [0.29, 0.717) is 0 Å². The number of fused-ring (bicyclic) bond motifs is 1. The summed E-state index contributed by atoms with van der Waals surface area (Å²) in [6, 6.07) is 16.5. The van der Waals surface area contributed by atoms with Crippen LogP contribution >= 0.6 is 11.3 Å². The number of thiazole rings is 1. The van der Waals surface area contributed by atoms with Crippen LogP contribution in [-0.4, -0.2) is 14.2 Å². The zero-order valence-electron chi connectivity index (χ0n) is 13.0. The third-order valence-corrected chi connectivity index (χ3v) is 4.86.